The number of hydrogen-bond acceptors (Lipinski definition) is 5. The van der Waals surface area contributed by atoms with Crippen molar-refractivity contribution in [3.63, 3.8) is 0 Å². The summed E-state index contributed by atoms with van der Waals surface area (Å²) in [6, 6.07) is 33.4. The molecule has 2 N–H and O–H groups in total. The van der Waals surface area contributed by atoms with E-state index in [0.29, 0.717) is 28.2 Å². The lowest BCUT2D eigenvalue weighted by molar-refractivity contribution is 0.107. The van der Waals surface area contributed by atoms with Crippen LogP contribution in [0.4, 0.5) is 11.4 Å². The maximum Gasteiger partial charge on any atom is 0.311 e. The molecular formula is C32H38B2N2O3. The lowest BCUT2D eigenvalue weighted by atomic mass is 9.87. The quantitative estimate of drug-likeness (QED) is 0.183. The molecule has 0 heterocycles. The van der Waals surface area contributed by atoms with E-state index in [1.807, 2.05) is 13.8 Å². The highest BCUT2D eigenvalue weighted by Gasteiger charge is 2.07. The molecule has 4 rings (SSSR count). The molecule has 39 heavy (non-hydrogen) atoms. The van der Waals surface area contributed by atoms with Crippen LogP contribution in [0.15, 0.2) is 97.1 Å². The summed E-state index contributed by atoms with van der Waals surface area (Å²) >= 11 is 0. The molecule has 7 heteroatoms. The maximum atomic E-state index is 5.96. The van der Waals surface area contributed by atoms with Crippen LogP contribution in [0, 0.1) is 13.8 Å². The summed E-state index contributed by atoms with van der Waals surface area (Å²) in [5, 5.41) is 6.74. The summed E-state index contributed by atoms with van der Waals surface area (Å²) in [6.45, 7) is 9.35. The Morgan fingerprint density at radius 1 is 0.538 bits per heavy atom. The summed E-state index contributed by atoms with van der Waals surface area (Å²) in [4.78, 5) is 0. The van der Waals surface area contributed by atoms with Crippen LogP contribution in [0.2, 0.25) is 0 Å². The molecule has 0 spiro atoms. The number of rotatable bonds is 14. The standard InChI is InChI=1S/C32H38B2N2O3/c1-23-5-17-31(18-6-23)35-25(3)38-33-29-13-9-27(10-14-29)21-37-22-28-11-15-30(16-12-28)34-39-26(4)36-32-19-7-24(2)8-20-32/h5-20,25-26,33-36H,21-22H2,1-4H3. The van der Waals surface area contributed by atoms with Crippen molar-refractivity contribution in [1.29, 1.82) is 0 Å². The summed E-state index contributed by atoms with van der Waals surface area (Å²) in [6.07, 6.45) is -0.153. The molecule has 2 unspecified atom stereocenters. The van der Waals surface area contributed by atoms with E-state index in [1.165, 1.54) is 11.1 Å². The number of ether oxygens (including phenoxy) is 1. The molecule has 0 radical (unpaired) electrons. The Balaban J connectivity index is 1.12. The zero-order chi connectivity index (χ0) is 27.5. The molecule has 0 saturated carbocycles. The first kappa shape index (κ1) is 28.5. The van der Waals surface area contributed by atoms with Crippen LogP contribution in [0.1, 0.15) is 36.1 Å². The number of nitrogens with one attached hydrogen (secondary N) is 2. The molecule has 0 aromatic heterocycles. The number of anilines is 2. The van der Waals surface area contributed by atoms with E-state index < -0.39 is 0 Å². The van der Waals surface area contributed by atoms with E-state index in [1.54, 1.807) is 0 Å². The molecule has 0 aliphatic rings. The molecule has 0 bridgehead atoms. The van der Waals surface area contributed by atoms with Gasteiger partial charge in [-0.15, -0.1) is 0 Å². The van der Waals surface area contributed by atoms with Gasteiger partial charge in [-0.25, -0.2) is 0 Å². The van der Waals surface area contributed by atoms with E-state index in [9.17, 15) is 0 Å². The van der Waals surface area contributed by atoms with Crippen molar-refractivity contribution in [2.24, 2.45) is 0 Å². The van der Waals surface area contributed by atoms with Crippen molar-refractivity contribution >= 4 is 37.3 Å². The third-order valence-corrected chi connectivity index (χ3v) is 6.43. The SMILES string of the molecule is Cc1ccc(NC(C)OBc2ccc(COCc3ccc(BOC(C)Nc4ccc(C)cc4)cc3)cc2)cc1. The number of aryl methyl sites for hydroxylation is 2. The Hall–Kier alpha value is -3.51. The fourth-order valence-corrected chi connectivity index (χ4v) is 4.04. The van der Waals surface area contributed by atoms with E-state index in [0.717, 1.165) is 33.4 Å². The van der Waals surface area contributed by atoms with Crippen LogP contribution in [0.3, 0.4) is 0 Å². The van der Waals surface area contributed by atoms with Gasteiger partial charge in [-0.05, 0) is 63.1 Å². The highest BCUT2D eigenvalue weighted by molar-refractivity contribution is 6.47. The molecule has 0 saturated heterocycles. The van der Waals surface area contributed by atoms with Crippen LogP contribution < -0.4 is 21.6 Å². The minimum Gasteiger partial charge on any atom is -0.416 e. The van der Waals surface area contributed by atoms with Gasteiger partial charge in [0.15, 0.2) is 0 Å². The Bertz CT molecular complexity index is 1160. The Morgan fingerprint density at radius 2 is 0.897 bits per heavy atom. The Labute approximate surface area is 234 Å². The molecular weight excluding hydrogens is 482 g/mol. The minimum absolute atomic E-state index is 0.0765. The summed E-state index contributed by atoms with van der Waals surface area (Å²) in [5.41, 5.74) is 9.17. The van der Waals surface area contributed by atoms with Crippen LogP contribution in [-0.4, -0.2) is 27.4 Å². The molecule has 2 atom stereocenters. The van der Waals surface area contributed by atoms with Gasteiger partial charge < -0.3 is 24.7 Å². The van der Waals surface area contributed by atoms with E-state index in [-0.39, 0.29) is 12.5 Å². The minimum atomic E-state index is -0.0765. The van der Waals surface area contributed by atoms with Crippen LogP contribution >= 0.6 is 0 Å². The maximum absolute atomic E-state index is 5.96. The molecule has 0 fully saturated rings. The molecule has 4 aromatic carbocycles. The van der Waals surface area contributed by atoms with Gasteiger partial charge in [-0.1, -0.05) is 94.8 Å². The van der Waals surface area contributed by atoms with Crippen molar-refractivity contribution in [2.45, 2.75) is 53.4 Å². The summed E-state index contributed by atoms with van der Waals surface area (Å²) < 4.78 is 17.9. The lowest BCUT2D eigenvalue weighted by Gasteiger charge is -2.16. The highest BCUT2D eigenvalue weighted by atomic mass is 16.5. The molecule has 0 aliphatic carbocycles. The van der Waals surface area contributed by atoms with Gasteiger partial charge in [0.25, 0.3) is 0 Å². The number of hydrogen-bond donors (Lipinski definition) is 2. The van der Waals surface area contributed by atoms with Crippen molar-refractivity contribution in [3.05, 3.63) is 119 Å². The van der Waals surface area contributed by atoms with E-state index in [4.69, 9.17) is 14.0 Å². The van der Waals surface area contributed by atoms with Crippen LogP contribution in [-0.2, 0) is 27.3 Å². The Kier molecular flexibility index (Phi) is 10.7. The average Bonchev–Trinajstić information content (AvgIpc) is 2.95. The van der Waals surface area contributed by atoms with Crippen molar-refractivity contribution < 1.29 is 14.0 Å². The topological polar surface area (TPSA) is 51.8 Å². The van der Waals surface area contributed by atoms with Gasteiger partial charge in [0.1, 0.15) is 12.5 Å². The monoisotopic (exact) mass is 520 g/mol. The molecule has 0 aliphatic heterocycles. The van der Waals surface area contributed by atoms with Gasteiger partial charge in [-0.2, -0.15) is 0 Å². The van der Waals surface area contributed by atoms with Gasteiger partial charge in [0.05, 0.1) is 13.2 Å². The second-order valence-electron chi connectivity index (χ2n) is 10.1. The average molecular weight is 520 g/mol. The van der Waals surface area contributed by atoms with Gasteiger partial charge in [0, 0.05) is 11.4 Å². The summed E-state index contributed by atoms with van der Waals surface area (Å²) in [5.74, 6) is 0. The van der Waals surface area contributed by atoms with Crippen molar-refractivity contribution in [1.82, 2.24) is 0 Å². The smallest absolute Gasteiger partial charge is 0.311 e. The van der Waals surface area contributed by atoms with Gasteiger partial charge in [-0.3, -0.25) is 0 Å². The third-order valence-electron chi connectivity index (χ3n) is 6.43. The highest BCUT2D eigenvalue weighted by Crippen LogP contribution is 2.11. The zero-order valence-corrected chi connectivity index (χ0v) is 23.4. The Morgan fingerprint density at radius 3 is 1.26 bits per heavy atom. The normalized spacial score (nSPS) is 12.4. The fourth-order valence-electron chi connectivity index (χ4n) is 4.04. The first-order valence-electron chi connectivity index (χ1n) is 13.6. The fraction of sp³-hybridized carbons (Fsp3) is 0.250. The lowest BCUT2D eigenvalue weighted by Crippen LogP contribution is -2.27. The van der Waals surface area contributed by atoms with E-state index >= 15 is 0 Å². The van der Waals surface area contributed by atoms with Gasteiger partial charge in [0.2, 0.25) is 0 Å². The van der Waals surface area contributed by atoms with Crippen molar-refractivity contribution in [3.8, 4) is 0 Å². The molecule has 0 amide bonds. The van der Waals surface area contributed by atoms with Gasteiger partial charge >= 0.3 is 15.0 Å². The first-order valence-corrected chi connectivity index (χ1v) is 13.6. The second-order valence-corrected chi connectivity index (χ2v) is 10.1. The molecule has 200 valence electrons. The first-order chi connectivity index (χ1) is 18.9. The number of benzene rings is 4. The van der Waals surface area contributed by atoms with Crippen LogP contribution in [0.5, 0.6) is 0 Å². The van der Waals surface area contributed by atoms with E-state index in [2.05, 4.69) is 122 Å². The molecule has 5 nitrogen and oxygen atoms in total. The van der Waals surface area contributed by atoms with Crippen LogP contribution in [0.25, 0.3) is 0 Å². The third kappa shape index (κ3) is 9.95. The predicted molar refractivity (Wildman–Crippen MR) is 166 cm³/mol. The summed E-state index contributed by atoms with van der Waals surface area (Å²) in [7, 11) is 1.11. The predicted octanol–water partition coefficient (Wildman–Crippen LogP) is 4.92. The zero-order valence-electron chi connectivity index (χ0n) is 23.4. The second kappa shape index (κ2) is 14.6. The van der Waals surface area contributed by atoms with Crippen molar-refractivity contribution in [2.75, 3.05) is 10.6 Å². The largest absolute Gasteiger partial charge is 0.416 e. The molecule has 4 aromatic rings.